The Labute approximate surface area is 218 Å². The molecule has 0 radical (unpaired) electrons. The Morgan fingerprint density at radius 3 is 2.43 bits per heavy atom. The standard InChI is InChI=1S/C30H35N3O4/c1-35-27-17-9-10-18-28(27)36-22-12-21-33-26-16-8-7-15-25(26)32-29(33)19-6-3-11-20-31-30(34)23-37-24-13-4-2-5-14-24/h2,4-5,7-10,13-18H,3,6,11-12,19-23H2,1H3,(H,31,34). The molecule has 0 aliphatic rings. The number of amides is 1. The van der Waals surface area contributed by atoms with E-state index in [0.717, 1.165) is 67.0 Å². The lowest BCUT2D eigenvalue weighted by atomic mass is 10.2. The molecule has 4 aromatic rings. The van der Waals surface area contributed by atoms with Crippen molar-refractivity contribution in [3.05, 3.63) is 84.7 Å². The van der Waals surface area contributed by atoms with Crippen LogP contribution in [0.2, 0.25) is 0 Å². The van der Waals surface area contributed by atoms with E-state index in [4.69, 9.17) is 19.2 Å². The molecule has 194 valence electrons. The minimum atomic E-state index is -0.0963. The number of aromatic nitrogens is 2. The summed E-state index contributed by atoms with van der Waals surface area (Å²) in [5, 5.41) is 2.93. The number of nitrogens with one attached hydrogen (secondary N) is 1. The SMILES string of the molecule is COc1ccccc1OCCCn1c(CCCCCNC(=O)COc2ccccc2)nc2ccccc21. The van der Waals surface area contributed by atoms with Crippen LogP contribution in [0.3, 0.4) is 0 Å². The lowest BCUT2D eigenvalue weighted by molar-refractivity contribution is -0.123. The molecule has 0 aliphatic carbocycles. The molecule has 0 saturated heterocycles. The van der Waals surface area contributed by atoms with Crippen LogP contribution in [0.1, 0.15) is 31.5 Å². The van der Waals surface area contributed by atoms with E-state index in [1.165, 1.54) is 0 Å². The van der Waals surface area contributed by atoms with Crippen molar-refractivity contribution in [2.75, 3.05) is 26.9 Å². The van der Waals surface area contributed by atoms with Crippen molar-refractivity contribution in [2.45, 2.75) is 38.6 Å². The topological polar surface area (TPSA) is 74.6 Å². The minimum absolute atomic E-state index is 0.0365. The summed E-state index contributed by atoms with van der Waals surface area (Å²) in [5.41, 5.74) is 2.18. The van der Waals surface area contributed by atoms with Crippen LogP contribution in [0.4, 0.5) is 0 Å². The summed E-state index contributed by atoms with van der Waals surface area (Å²) < 4.78 is 19.1. The van der Waals surface area contributed by atoms with Gasteiger partial charge in [-0.25, -0.2) is 4.98 Å². The van der Waals surface area contributed by atoms with Gasteiger partial charge < -0.3 is 24.1 Å². The third-order valence-electron chi connectivity index (χ3n) is 6.10. The van der Waals surface area contributed by atoms with Gasteiger partial charge in [0.15, 0.2) is 18.1 Å². The van der Waals surface area contributed by atoms with Crippen molar-refractivity contribution >= 4 is 16.9 Å². The number of carbonyl (C=O) groups is 1. The molecule has 0 unspecified atom stereocenters. The zero-order valence-electron chi connectivity index (χ0n) is 21.4. The van der Waals surface area contributed by atoms with E-state index < -0.39 is 0 Å². The lowest BCUT2D eigenvalue weighted by Crippen LogP contribution is -2.29. The van der Waals surface area contributed by atoms with Gasteiger partial charge in [0.1, 0.15) is 11.6 Å². The van der Waals surface area contributed by atoms with Crippen LogP contribution in [-0.4, -0.2) is 42.3 Å². The summed E-state index contributed by atoms with van der Waals surface area (Å²) in [6.45, 7) is 2.12. The number of ether oxygens (including phenoxy) is 3. The van der Waals surface area contributed by atoms with E-state index >= 15 is 0 Å². The lowest BCUT2D eigenvalue weighted by Gasteiger charge is -2.12. The normalized spacial score (nSPS) is 10.8. The quantitative estimate of drug-likeness (QED) is 0.220. The van der Waals surface area contributed by atoms with E-state index in [-0.39, 0.29) is 12.5 Å². The average Bonchev–Trinajstić information content (AvgIpc) is 3.29. The summed E-state index contributed by atoms with van der Waals surface area (Å²) in [7, 11) is 1.65. The molecule has 3 aromatic carbocycles. The molecule has 0 saturated carbocycles. The van der Waals surface area contributed by atoms with Crippen molar-refractivity contribution in [1.29, 1.82) is 0 Å². The Kier molecular flexibility index (Phi) is 9.81. The highest BCUT2D eigenvalue weighted by Crippen LogP contribution is 2.26. The first-order valence-corrected chi connectivity index (χ1v) is 12.9. The second kappa shape index (κ2) is 13.9. The van der Waals surface area contributed by atoms with Gasteiger partial charge in [0.25, 0.3) is 5.91 Å². The van der Waals surface area contributed by atoms with Gasteiger partial charge in [0.2, 0.25) is 0 Å². The van der Waals surface area contributed by atoms with E-state index in [1.54, 1.807) is 7.11 Å². The molecule has 1 aromatic heterocycles. The molecule has 37 heavy (non-hydrogen) atoms. The number of hydrogen-bond donors (Lipinski definition) is 1. The molecule has 0 atom stereocenters. The second-order valence-corrected chi connectivity index (χ2v) is 8.78. The molecule has 0 spiro atoms. The van der Waals surface area contributed by atoms with Crippen LogP contribution in [-0.2, 0) is 17.8 Å². The Hall–Kier alpha value is -4.00. The van der Waals surface area contributed by atoms with Crippen molar-refractivity contribution in [2.24, 2.45) is 0 Å². The number of methoxy groups -OCH3 is 1. The van der Waals surface area contributed by atoms with E-state index in [1.807, 2.05) is 60.7 Å². The summed E-state index contributed by atoms with van der Waals surface area (Å²) in [5.74, 6) is 3.21. The molecular formula is C30H35N3O4. The number of para-hydroxylation sites is 5. The minimum Gasteiger partial charge on any atom is -0.493 e. The molecule has 1 amide bonds. The van der Waals surface area contributed by atoms with Gasteiger partial charge >= 0.3 is 0 Å². The number of aryl methyl sites for hydroxylation is 2. The first-order valence-electron chi connectivity index (χ1n) is 12.9. The third kappa shape index (κ3) is 7.74. The largest absolute Gasteiger partial charge is 0.493 e. The maximum absolute atomic E-state index is 12.0. The van der Waals surface area contributed by atoms with Crippen molar-refractivity contribution in [1.82, 2.24) is 14.9 Å². The predicted molar refractivity (Wildman–Crippen MR) is 145 cm³/mol. The van der Waals surface area contributed by atoms with E-state index in [2.05, 4.69) is 28.1 Å². The van der Waals surface area contributed by atoms with Crippen LogP contribution in [0.25, 0.3) is 11.0 Å². The van der Waals surface area contributed by atoms with Gasteiger partial charge in [-0.2, -0.15) is 0 Å². The summed E-state index contributed by atoms with van der Waals surface area (Å²) >= 11 is 0. The highest BCUT2D eigenvalue weighted by molar-refractivity contribution is 5.77. The summed E-state index contributed by atoms with van der Waals surface area (Å²) in [6, 6.07) is 25.4. The molecule has 1 N–H and O–H groups in total. The number of fused-ring (bicyclic) bond motifs is 1. The monoisotopic (exact) mass is 501 g/mol. The molecular weight excluding hydrogens is 466 g/mol. The fraction of sp³-hybridized carbons (Fsp3) is 0.333. The van der Waals surface area contributed by atoms with Crippen LogP contribution >= 0.6 is 0 Å². The smallest absolute Gasteiger partial charge is 0.257 e. The molecule has 4 rings (SSSR count). The average molecular weight is 502 g/mol. The highest BCUT2D eigenvalue weighted by Gasteiger charge is 2.11. The first kappa shape index (κ1) is 26.1. The zero-order chi connectivity index (χ0) is 25.7. The van der Waals surface area contributed by atoms with Crippen molar-refractivity contribution in [3.8, 4) is 17.2 Å². The van der Waals surface area contributed by atoms with Gasteiger partial charge in [-0.15, -0.1) is 0 Å². The Morgan fingerprint density at radius 1 is 0.838 bits per heavy atom. The fourth-order valence-corrected chi connectivity index (χ4v) is 4.24. The van der Waals surface area contributed by atoms with Crippen molar-refractivity contribution in [3.63, 3.8) is 0 Å². The number of imidazole rings is 1. The van der Waals surface area contributed by atoms with Crippen molar-refractivity contribution < 1.29 is 19.0 Å². The Morgan fingerprint density at radius 2 is 1.59 bits per heavy atom. The Bertz CT molecular complexity index is 1260. The highest BCUT2D eigenvalue weighted by atomic mass is 16.5. The van der Waals surface area contributed by atoms with Gasteiger partial charge in [-0.05, 0) is 55.7 Å². The number of hydrogen-bond acceptors (Lipinski definition) is 5. The maximum Gasteiger partial charge on any atom is 0.257 e. The molecule has 0 bridgehead atoms. The third-order valence-corrected chi connectivity index (χ3v) is 6.10. The van der Waals surface area contributed by atoms with E-state index in [9.17, 15) is 4.79 Å². The number of unbranched alkanes of at least 4 members (excludes halogenated alkanes) is 2. The van der Waals surface area contributed by atoms with Gasteiger partial charge in [0, 0.05) is 19.5 Å². The second-order valence-electron chi connectivity index (χ2n) is 8.78. The predicted octanol–water partition coefficient (Wildman–Crippen LogP) is 5.42. The molecule has 7 nitrogen and oxygen atoms in total. The molecule has 0 fully saturated rings. The first-order chi connectivity index (χ1) is 18.2. The van der Waals surface area contributed by atoms with Gasteiger partial charge in [-0.3, -0.25) is 4.79 Å². The van der Waals surface area contributed by atoms with Crippen LogP contribution in [0.5, 0.6) is 17.2 Å². The van der Waals surface area contributed by atoms with Gasteiger partial charge in [0.05, 0.1) is 24.8 Å². The Balaban J connectivity index is 1.20. The van der Waals surface area contributed by atoms with Crippen LogP contribution in [0, 0.1) is 0 Å². The van der Waals surface area contributed by atoms with Crippen LogP contribution in [0.15, 0.2) is 78.9 Å². The molecule has 1 heterocycles. The van der Waals surface area contributed by atoms with E-state index in [0.29, 0.717) is 18.9 Å². The zero-order valence-corrected chi connectivity index (χ0v) is 21.4. The number of benzene rings is 3. The molecule has 7 heteroatoms. The van der Waals surface area contributed by atoms with Gasteiger partial charge in [-0.1, -0.05) is 48.9 Å². The number of rotatable bonds is 15. The number of carbonyl (C=O) groups excluding carboxylic acids is 1. The molecule has 0 aliphatic heterocycles. The summed E-state index contributed by atoms with van der Waals surface area (Å²) in [4.78, 5) is 16.9. The number of nitrogens with zero attached hydrogens (tertiary/aromatic N) is 2. The fourth-order valence-electron chi connectivity index (χ4n) is 4.24. The summed E-state index contributed by atoms with van der Waals surface area (Å²) in [6.07, 6.45) is 4.71. The maximum atomic E-state index is 12.0. The van der Waals surface area contributed by atoms with Crippen LogP contribution < -0.4 is 19.5 Å².